The highest BCUT2D eigenvalue weighted by Crippen LogP contribution is 2.37. The van der Waals surface area contributed by atoms with E-state index in [1.807, 2.05) is 12.4 Å². The average molecular weight is 258 g/mol. The summed E-state index contributed by atoms with van der Waals surface area (Å²) < 4.78 is 2.37. The third-order valence-corrected chi connectivity index (χ3v) is 3.99. The molecule has 0 bridgehead atoms. The van der Waals surface area contributed by atoms with Crippen molar-refractivity contribution in [1.82, 2.24) is 14.5 Å². The Morgan fingerprint density at radius 2 is 2.11 bits per heavy atom. The molecule has 0 aliphatic heterocycles. The molecule has 1 aliphatic carbocycles. The van der Waals surface area contributed by atoms with E-state index in [0.29, 0.717) is 12.0 Å². The van der Waals surface area contributed by atoms with Crippen molar-refractivity contribution in [1.29, 1.82) is 0 Å². The van der Waals surface area contributed by atoms with Gasteiger partial charge in [0.1, 0.15) is 11.3 Å². The molecule has 19 heavy (non-hydrogen) atoms. The topological polar surface area (TPSA) is 56.7 Å². The minimum Gasteiger partial charge on any atom is -0.328 e. The van der Waals surface area contributed by atoms with E-state index in [0.717, 1.165) is 24.8 Å². The molecule has 2 aromatic rings. The number of nitrogens with zero attached hydrogens (tertiary/aromatic N) is 3. The lowest BCUT2D eigenvalue weighted by Crippen LogP contribution is -2.25. The van der Waals surface area contributed by atoms with Gasteiger partial charge in [-0.2, -0.15) is 0 Å². The summed E-state index contributed by atoms with van der Waals surface area (Å²) >= 11 is 0. The molecule has 1 aliphatic rings. The van der Waals surface area contributed by atoms with Crippen LogP contribution >= 0.6 is 0 Å². The summed E-state index contributed by atoms with van der Waals surface area (Å²) in [7, 11) is 0. The number of nitrogens with two attached hydrogens (primary N) is 1. The van der Waals surface area contributed by atoms with Crippen LogP contribution in [0, 0.1) is 0 Å². The van der Waals surface area contributed by atoms with Crippen LogP contribution in [0.2, 0.25) is 0 Å². The molecule has 0 spiro atoms. The Bertz CT molecular complexity index is 594. The fraction of sp³-hybridized carbons (Fsp3) is 0.600. The summed E-state index contributed by atoms with van der Waals surface area (Å²) in [6.45, 7) is 6.69. The van der Waals surface area contributed by atoms with Gasteiger partial charge in [0.25, 0.3) is 0 Å². The zero-order valence-electron chi connectivity index (χ0n) is 11.9. The largest absolute Gasteiger partial charge is 0.328 e. The van der Waals surface area contributed by atoms with E-state index in [-0.39, 0.29) is 5.54 Å². The van der Waals surface area contributed by atoms with Crippen LogP contribution in [-0.4, -0.2) is 20.6 Å². The first-order valence-corrected chi connectivity index (χ1v) is 7.05. The van der Waals surface area contributed by atoms with Crippen molar-refractivity contribution in [3.8, 4) is 0 Å². The van der Waals surface area contributed by atoms with E-state index in [2.05, 4.69) is 36.4 Å². The molecule has 3 rings (SSSR count). The lowest BCUT2D eigenvalue weighted by Gasteiger charge is -2.26. The maximum absolute atomic E-state index is 6.07. The van der Waals surface area contributed by atoms with Crippen molar-refractivity contribution >= 4 is 11.0 Å². The van der Waals surface area contributed by atoms with Crippen molar-refractivity contribution in [2.75, 3.05) is 0 Å². The fourth-order valence-corrected chi connectivity index (χ4v) is 3.18. The van der Waals surface area contributed by atoms with Gasteiger partial charge in [-0.05, 0) is 46.1 Å². The van der Waals surface area contributed by atoms with Crippen LogP contribution in [0.1, 0.15) is 51.8 Å². The van der Waals surface area contributed by atoms with E-state index in [1.54, 1.807) is 0 Å². The predicted molar refractivity (Wildman–Crippen MR) is 77.1 cm³/mol. The molecule has 0 amide bonds. The van der Waals surface area contributed by atoms with Gasteiger partial charge in [-0.25, -0.2) is 4.98 Å². The molecule has 2 atom stereocenters. The predicted octanol–water partition coefficient (Wildman–Crippen LogP) is 2.78. The quantitative estimate of drug-likeness (QED) is 0.855. The van der Waals surface area contributed by atoms with Crippen molar-refractivity contribution in [2.45, 2.75) is 57.5 Å². The molecule has 2 aromatic heterocycles. The van der Waals surface area contributed by atoms with Crippen LogP contribution < -0.4 is 5.73 Å². The van der Waals surface area contributed by atoms with E-state index < -0.39 is 0 Å². The van der Waals surface area contributed by atoms with Crippen LogP contribution in [0.25, 0.3) is 11.0 Å². The number of hydrogen-bond donors (Lipinski definition) is 1. The number of pyridine rings is 1. The van der Waals surface area contributed by atoms with Gasteiger partial charge in [0, 0.05) is 23.7 Å². The van der Waals surface area contributed by atoms with Crippen molar-refractivity contribution in [2.24, 2.45) is 5.73 Å². The van der Waals surface area contributed by atoms with Gasteiger partial charge in [-0.3, -0.25) is 4.98 Å². The highest BCUT2D eigenvalue weighted by molar-refractivity contribution is 5.75. The highest BCUT2D eigenvalue weighted by Gasteiger charge is 2.31. The molecule has 0 saturated heterocycles. The van der Waals surface area contributed by atoms with Gasteiger partial charge in [-0.1, -0.05) is 0 Å². The van der Waals surface area contributed by atoms with Gasteiger partial charge in [0.2, 0.25) is 0 Å². The second-order valence-corrected chi connectivity index (χ2v) is 6.61. The first-order chi connectivity index (χ1) is 8.97. The maximum Gasteiger partial charge on any atom is 0.113 e. The van der Waals surface area contributed by atoms with E-state index >= 15 is 0 Å². The SMILES string of the molecule is CC(C)(C)n1c(C2CCC(N)C2)nc2cnccc21. The minimum atomic E-state index is 0.0259. The van der Waals surface area contributed by atoms with Crippen molar-refractivity contribution < 1.29 is 0 Å². The first-order valence-electron chi connectivity index (χ1n) is 7.05. The van der Waals surface area contributed by atoms with Crippen LogP contribution in [0.3, 0.4) is 0 Å². The number of imidazole rings is 1. The maximum atomic E-state index is 6.07. The summed E-state index contributed by atoms with van der Waals surface area (Å²) in [5, 5.41) is 0. The number of hydrogen-bond acceptors (Lipinski definition) is 3. The summed E-state index contributed by atoms with van der Waals surface area (Å²) in [6.07, 6.45) is 7.00. The first kappa shape index (κ1) is 12.6. The van der Waals surface area contributed by atoms with Crippen molar-refractivity contribution in [3.05, 3.63) is 24.3 Å². The summed E-state index contributed by atoms with van der Waals surface area (Å²) in [6, 6.07) is 2.39. The second-order valence-electron chi connectivity index (χ2n) is 6.61. The van der Waals surface area contributed by atoms with Crippen molar-refractivity contribution in [3.63, 3.8) is 0 Å². The standard InChI is InChI=1S/C15H22N4/c1-15(2,3)19-13-6-7-17-9-12(13)18-14(19)10-4-5-11(16)8-10/h6-7,9-11H,4-5,8,16H2,1-3H3. The Labute approximate surface area is 114 Å². The van der Waals surface area contributed by atoms with Gasteiger partial charge in [0.05, 0.1) is 11.7 Å². The van der Waals surface area contributed by atoms with Gasteiger partial charge in [0.15, 0.2) is 0 Å². The minimum absolute atomic E-state index is 0.0259. The summed E-state index contributed by atoms with van der Waals surface area (Å²) in [5.74, 6) is 1.67. The third kappa shape index (κ3) is 2.14. The molecule has 102 valence electrons. The Balaban J connectivity index is 2.18. The number of aromatic nitrogens is 3. The molecule has 2 N–H and O–H groups in total. The normalized spacial score (nSPS) is 24.2. The molecule has 4 nitrogen and oxygen atoms in total. The summed E-state index contributed by atoms with van der Waals surface area (Å²) in [5.41, 5.74) is 8.26. The molecule has 4 heteroatoms. The van der Waals surface area contributed by atoms with E-state index in [1.165, 1.54) is 11.3 Å². The lowest BCUT2D eigenvalue weighted by molar-refractivity contribution is 0.382. The Kier molecular flexibility index (Phi) is 2.86. The van der Waals surface area contributed by atoms with Crippen LogP contribution in [0.15, 0.2) is 18.5 Å². The second kappa shape index (κ2) is 4.30. The molecule has 1 saturated carbocycles. The molecule has 1 fully saturated rings. The van der Waals surface area contributed by atoms with Gasteiger partial charge >= 0.3 is 0 Å². The summed E-state index contributed by atoms with van der Waals surface area (Å²) in [4.78, 5) is 9.03. The van der Waals surface area contributed by atoms with Crippen LogP contribution in [-0.2, 0) is 5.54 Å². The van der Waals surface area contributed by atoms with E-state index in [4.69, 9.17) is 10.7 Å². The molecular weight excluding hydrogens is 236 g/mol. The fourth-order valence-electron chi connectivity index (χ4n) is 3.18. The zero-order chi connectivity index (χ0) is 13.6. The molecular formula is C15H22N4. The third-order valence-electron chi connectivity index (χ3n) is 3.99. The zero-order valence-corrected chi connectivity index (χ0v) is 11.9. The molecule has 2 heterocycles. The molecule has 0 aromatic carbocycles. The van der Waals surface area contributed by atoms with Gasteiger partial charge < -0.3 is 10.3 Å². The van der Waals surface area contributed by atoms with Crippen LogP contribution in [0.4, 0.5) is 0 Å². The van der Waals surface area contributed by atoms with Crippen LogP contribution in [0.5, 0.6) is 0 Å². The Morgan fingerprint density at radius 1 is 1.32 bits per heavy atom. The van der Waals surface area contributed by atoms with E-state index in [9.17, 15) is 0 Å². The lowest BCUT2D eigenvalue weighted by atomic mass is 10.0. The number of fused-ring (bicyclic) bond motifs is 1. The molecule has 0 radical (unpaired) electrons. The Hall–Kier alpha value is -1.42. The monoisotopic (exact) mass is 258 g/mol. The van der Waals surface area contributed by atoms with Gasteiger partial charge in [-0.15, -0.1) is 0 Å². The average Bonchev–Trinajstić information content (AvgIpc) is 2.90. The smallest absolute Gasteiger partial charge is 0.113 e. The molecule has 2 unspecified atom stereocenters. The number of rotatable bonds is 1. The Morgan fingerprint density at radius 3 is 2.74 bits per heavy atom. The highest BCUT2D eigenvalue weighted by atomic mass is 15.1.